The fourth-order valence-corrected chi connectivity index (χ4v) is 2.53. The highest BCUT2D eigenvalue weighted by atomic mass is 79.9. The number of halogens is 1. The maximum atomic E-state index is 10.7. The van der Waals surface area contributed by atoms with Crippen LogP contribution in [-0.2, 0) is 10.2 Å². The molecule has 0 bridgehead atoms. The normalized spacial score (nSPS) is 11.5. The Morgan fingerprint density at radius 1 is 1.50 bits per heavy atom. The first-order valence-electron chi connectivity index (χ1n) is 4.90. The van der Waals surface area contributed by atoms with E-state index in [1.165, 1.54) is 0 Å². The van der Waals surface area contributed by atoms with Crippen molar-refractivity contribution in [2.75, 3.05) is 13.7 Å². The molecule has 0 radical (unpaired) electrons. The standard InChI is InChI=1S/C12H15BrO3/c1-12(2,7-16-3)9-5-4-8(6-14)11(15)10(9)13/h4-6,15H,7H2,1-3H3. The van der Waals surface area contributed by atoms with Gasteiger partial charge in [-0.3, -0.25) is 4.79 Å². The van der Waals surface area contributed by atoms with Crippen molar-refractivity contribution in [2.24, 2.45) is 0 Å². The minimum Gasteiger partial charge on any atom is -0.506 e. The van der Waals surface area contributed by atoms with Crippen LogP contribution < -0.4 is 0 Å². The van der Waals surface area contributed by atoms with E-state index in [0.29, 0.717) is 17.4 Å². The van der Waals surface area contributed by atoms with E-state index in [1.807, 2.05) is 19.9 Å². The van der Waals surface area contributed by atoms with Gasteiger partial charge in [-0.25, -0.2) is 0 Å². The van der Waals surface area contributed by atoms with Crippen LogP contribution in [0, 0.1) is 0 Å². The van der Waals surface area contributed by atoms with E-state index in [4.69, 9.17) is 4.74 Å². The van der Waals surface area contributed by atoms with Crippen LogP contribution in [0.4, 0.5) is 0 Å². The molecule has 0 amide bonds. The van der Waals surface area contributed by atoms with Crippen molar-refractivity contribution in [2.45, 2.75) is 19.3 Å². The average molecular weight is 287 g/mol. The molecule has 16 heavy (non-hydrogen) atoms. The van der Waals surface area contributed by atoms with Gasteiger partial charge in [-0.05, 0) is 27.6 Å². The molecule has 0 aromatic heterocycles. The summed E-state index contributed by atoms with van der Waals surface area (Å²) in [5.74, 6) is -0.0170. The molecule has 0 aliphatic heterocycles. The number of hydrogen-bond acceptors (Lipinski definition) is 3. The summed E-state index contributed by atoms with van der Waals surface area (Å²) in [5, 5.41) is 9.79. The molecule has 0 aliphatic carbocycles. The molecule has 0 aliphatic rings. The summed E-state index contributed by atoms with van der Waals surface area (Å²) in [4.78, 5) is 10.7. The number of rotatable bonds is 4. The fraction of sp³-hybridized carbons (Fsp3) is 0.417. The molecule has 1 N–H and O–H groups in total. The summed E-state index contributed by atoms with van der Waals surface area (Å²) in [6, 6.07) is 3.44. The molecule has 1 rings (SSSR count). The molecular weight excluding hydrogens is 272 g/mol. The maximum Gasteiger partial charge on any atom is 0.153 e. The van der Waals surface area contributed by atoms with E-state index >= 15 is 0 Å². The Bertz CT molecular complexity index is 399. The summed E-state index contributed by atoms with van der Waals surface area (Å²) >= 11 is 3.31. The third-order valence-electron chi connectivity index (χ3n) is 2.51. The van der Waals surface area contributed by atoms with Crippen LogP contribution in [0.25, 0.3) is 0 Å². The highest BCUT2D eigenvalue weighted by Gasteiger charge is 2.25. The molecule has 4 heteroatoms. The number of carbonyl (C=O) groups excluding carboxylic acids is 1. The van der Waals surface area contributed by atoms with Gasteiger partial charge in [-0.15, -0.1) is 0 Å². The van der Waals surface area contributed by atoms with Crippen LogP contribution in [0.3, 0.4) is 0 Å². The van der Waals surface area contributed by atoms with Crippen molar-refractivity contribution >= 4 is 22.2 Å². The lowest BCUT2D eigenvalue weighted by atomic mass is 9.85. The van der Waals surface area contributed by atoms with Crippen molar-refractivity contribution in [3.63, 3.8) is 0 Å². The van der Waals surface area contributed by atoms with E-state index in [0.717, 1.165) is 5.56 Å². The van der Waals surface area contributed by atoms with Gasteiger partial charge in [-0.1, -0.05) is 19.9 Å². The van der Waals surface area contributed by atoms with E-state index in [1.54, 1.807) is 13.2 Å². The van der Waals surface area contributed by atoms with Crippen LogP contribution in [0.15, 0.2) is 16.6 Å². The van der Waals surface area contributed by atoms with Gasteiger partial charge in [0.25, 0.3) is 0 Å². The molecule has 88 valence electrons. The summed E-state index contributed by atoms with van der Waals surface area (Å²) in [7, 11) is 1.63. The molecule has 1 aromatic carbocycles. The highest BCUT2D eigenvalue weighted by molar-refractivity contribution is 9.10. The minimum absolute atomic E-state index is 0.0170. The topological polar surface area (TPSA) is 46.5 Å². The molecule has 0 unspecified atom stereocenters. The molecule has 0 atom stereocenters. The highest BCUT2D eigenvalue weighted by Crippen LogP contribution is 2.37. The molecule has 0 heterocycles. The van der Waals surface area contributed by atoms with Gasteiger partial charge in [0.15, 0.2) is 6.29 Å². The van der Waals surface area contributed by atoms with Gasteiger partial charge < -0.3 is 9.84 Å². The Morgan fingerprint density at radius 2 is 2.12 bits per heavy atom. The van der Waals surface area contributed by atoms with Gasteiger partial charge in [-0.2, -0.15) is 0 Å². The zero-order valence-electron chi connectivity index (χ0n) is 9.58. The van der Waals surface area contributed by atoms with Crippen LogP contribution in [0.1, 0.15) is 29.8 Å². The summed E-state index contributed by atoms with van der Waals surface area (Å²) in [6.45, 7) is 4.55. The number of methoxy groups -OCH3 is 1. The first-order chi connectivity index (χ1) is 7.44. The first kappa shape index (κ1) is 13.2. The molecule has 0 spiro atoms. The smallest absolute Gasteiger partial charge is 0.153 e. The number of aromatic hydroxyl groups is 1. The third kappa shape index (κ3) is 2.44. The lowest BCUT2D eigenvalue weighted by Gasteiger charge is -2.26. The molecule has 3 nitrogen and oxygen atoms in total. The molecular formula is C12H15BrO3. The lowest BCUT2D eigenvalue weighted by molar-refractivity contribution is 0.112. The predicted octanol–water partition coefficient (Wildman–Crippen LogP) is 2.89. The van der Waals surface area contributed by atoms with Crippen LogP contribution in [0.5, 0.6) is 5.75 Å². The van der Waals surface area contributed by atoms with Gasteiger partial charge in [0.05, 0.1) is 16.6 Å². The van der Waals surface area contributed by atoms with Crippen LogP contribution in [0.2, 0.25) is 0 Å². The Kier molecular flexibility index (Phi) is 4.10. The van der Waals surface area contributed by atoms with E-state index in [2.05, 4.69) is 15.9 Å². The van der Waals surface area contributed by atoms with Gasteiger partial charge in [0.2, 0.25) is 0 Å². The molecule has 0 saturated heterocycles. The number of aldehydes is 1. The quantitative estimate of drug-likeness (QED) is 0.866. The summed E-state index contributed by atoms with van der Waals surface area (Å²) in [6.07, 6.45) is 0.632. The van der Waals surface area contributed by atoms with Crippen molar-refractivity contribution in [3.8, 4) is 5.75 Å². The average Bonchev–Trinajstić information content (AvgIpc) is 2.21. The fourth-order valence-electron chi connectivity index (χ4n) is 1.64. The second kappa shape index (κ2) is 4.97. The second-order valence-corrected chi connectivity index (χ2v) is 5.09. The Balaban J connectivity index is 3.26. The number of carbonyl (C=O) groups is 1. The van der Waals surface area contributed by atoms with Crippen LogP contribution >= 0.6 is 15.9 Å². The predicted molar refractivity (Wildman–Crippen MR) is 66.1 cm³/mol. The van der Waals surface area contributed by atoms with Crippen molar-refractivity contribution in [1.82, 2.24) is 0 Å². The summed E-state index contributed by atoms with van der Waals surface area (Å²) in [5.41, 5.74) is 0.966. The molecule has 0 saturated carbocycles. The van der Waals surface area contributed by atoms with E-state index in [-0.39, 0.29) is 16.7 Å². The zero-order valence-corrected chi connectivity index (χ0v) is 11.2. The van der Waals surface area contributed by atoms with Crippen molar-refractivity contribution < 1.29 is 14.6 Å². The Hall–Kier alpha value is -0.870. The number of phenols is 1. The Morgan fingerprint density at radius 3 is 2.62 bits per heavy atom. The monoisotopic (exact) mass is 286 g/mol. The van der Waals surface area contributed by atoms with Crippen LogP contribution in [-0.4, -0.2) is 25.1 Å². The van der Waals surface area contributed by atoms with Gasteiger partial charge >= 0.3 is 0 Å². The van der Waals surface area contributed by atoms with E-state index in [9.17, 15) is 9.90 Å². The third-order valence-corrected chi connectivity index (χ3v) is 3.31. The van der Waals surface area contributed by atoms with Crippen molar-refractivity contribution in [1.29, 1.82) is 0 Å². The largest absolute Gasteiger partial charge is 0.506 e. The summed E-state index contributed by atoms with van der Waals surface area (Å²) < 4.78 is 5.70. The van der Waals surface area contributed by atoms with Gasteiger partial charge in [0.1, 0.15) is 5.75 Å². The zero-order chi connectivity index (χ0) is 12.3. The Labute approximate surface area is 104 Å². The first-order valence-corrected chi connectivity index (χ1v) is 5.69. The molecule has 1 aromatic rings. The number of ether oxygens (including phenoxy) is 1. The lowest BCUT2D eigenvalue weighted by Crippen LogP contribution is -2.24. The van der Waals surface area contributed by atoms with Gasteiger partial charge in [0, 0.05) is 12.5 Å². The SMILES string of the molecule is COCC(C)(C)c1ccc(C=O)c(O)c1Br. The molecule has 0 fully saturated rings. The van der Waals surface area contributed by atoms with Crippen molar-refractivity contribution in [3.05, 3.63) is 27.7 Å². The maximum absolute atomic E-state index is 10.7. The second-order valence-electron chi connectivity index (χ2n) is 4.30. The minimum atomic E-state index is -0.230. The van der Waals surface area contributed by atoms with E-state index < -0.39 is 0 Å². The number of phenolic OH excluding ortho intramolecular Hbond substituents is 1. The number of benzene rings is 1. The number of hydrogen-bond donors (Lipinski definition) is 1.